The molecule has 0 amide bonds. The second-order valence-corrected chi connectivity index (χ2v) is 5.98. The van der Waals surface area contributed by atoms with Gasteiger partial charge in [-0.15, -0.1) is 5.10 Å². The predicted octanol–water partition coefficient (Wildman–Crippen LogP) is 3.49. The van der Waals surface area contributed by atoms with E-state index in [1.165, 1.54) is 0 Å². The molecule has 123 valence electrons. The Bertz CT molecular complexity index is 751. The van der Waals surface area contributed by atoms with E-state index < -0.39 is 0 Å². The Hall–Kier alpha value is -2.59. The highest BCUT2D eigenvalue weighted by atomic mass is 16.5. The molecule has 0 saturated carbocycles. The number of benzene rings is 2. The molecule has 3 rings (SSSR count). The molecule has 24 heavy (non-hydrogen) atoms. The normalized spacial score (nSPS) is 11.0. The van der Waals surface area contributed by atoms with Crippen molar-refractivity contribution in [1.29, 1.82) is 0 Å². The number of aromatic nitrogens is 2. The van der Waals surface area contributed by atoms with Crippen molar-refractivity contribution in [3.05, 3.63) is 72.4 Å². The summed E-state index contributed by atoms with van der Waals surface area (Å²) in [6.07, 6.45) is 2.05. The first-order valence-corrected chi connectivity index (χ1v) is 8.08. The number of hydrogen-bond donors (Lipinski definition) is 0. The highest BCUT2D eigenvalue weighted by Crippen LogP contribution is 2.29. The molecular weight excluding hydrogens is 298 g/mol. The van der Waals surface area contributed by atoms with Crippen LogP contribution >= 0.6 is 0 Å². The molecule has 0 N–H and O–H groups in total. The molecule has 4 heteroatoms. The summed E-state index contributed by atoms with van der Waals surface area (Å²) in [6, 6.07) is 21.2. The molecule has 4 nitrogen and oxygen atoms in total. The molecule has 0 bridgehead atoms. The summed E-state index contributed by atoms with van der Waals surface area (Å²) in [6.45, 7) is 2.26. The minimum atomic E-state index is 0.509. The van der Waals surface area contributed by atoms with Crippen molar-refractivity contribution in [2.75, 3.05) is 20.6 Å². The first kappa shape index (κ1) is 16.3. The monoisotopic (exact) mass is 320 g/mol. The number of rotatable bonds is 7. The maximum Gasteiger partial charge on any atom is 0.241 e. The maximum absolute atomic E-state index is 6.01. The summed E-state index contributed by atoms with van der Waals surface area (Å²) in [5, 5.41) is 4.63. The van der Waals surface area contributed by atoms with E-state index >= 15 is 0 Å². The van der Waals surface area contributed by atoms with E-state index in [1.807, 2.05) is 47.3 Å². The Labute approximate surface area is 143 Å². The van der Waals surface area contributed by atoms with Crippen LogP contribution in [0, 0.1) is 6.07 Å². The van der Waals surface area contributed by atoms with Crippen molar-refractivity contribution in [3.8, 4) is 17.0 Å². The Morgan fingerprint density at radius 1 is 1.12 bits per heavy atom. The summed E-state index contributed by atoms with van der Waals surface area (Å²) in [7, 11) is 4.12. The minimum absolute atomic E-state index is 0.509. The van der Waals surface area contributed by atoms with Crippen molar-refractivity contribution in [2.45, 2.75) is 13.2 Å². The van der Waals surface area contributed by atoms with Gasteiger partial charge in [-0.3, -0.25) is 4.68 Å². The van der Waals surface area contributed by atoms with Crippen molar-refractivity contribution < 1.29 is 4.74 Å². The lowest BCUT2D eigenvalue weighted by Crippen LogP contribution is -2.18. The smallest absolute Gasteiger partial charge is 0.241 e. The fraction of sp³-hybridized carbons (Fsp3) is 0.250. The van der Waals surface area contributed by atoms with E-state index in [0.29, 0.717) is 12.5 Å². The molecule has 0 unspecified atom stereocenters. The zero-order valence-electron chi connectivity index (χ0n) is 14.1. The SMILES string of the molecule is CN(C)CCn1cc(-c2c[c]ccc2)c(OCc2ccccc2)n1. The fourth-order valence-corrected chi connectivity index (χ4v) is 2.41. The van der Waals surface area contributed by atoms with Gasteiger partial charge in [0.1, 0.15) is 6.61 Å². The second kappa shape index (κ2) is 7.79. The molecule has 0 aliphatic carbocycles. The van der Waals surface area contributed by atoms with Crippen LogP contribution in [0.25, 0.3) is 11.1 Å². The van der Waals surface area contributed by atoms with E-state index in [1.54, 1.807) is 0 Å². The lowest BCUT2D eigenvalue weighted by atomic mass is 10.1. The van der Waals surface area contributed by atoms with Crippen molar-refractivity contribution in [2.24, 2.45) is 0 Å². The topological polar surface area (TPSA) is 30.3 Å². The van der Waals surface area contributed by atoms with E-state index in [4.69, 9.17) is 4.74 Å². The van der Waals surface area contributed by atoms with Crippen LogP contribution < -0.4 is 4.74 Å². The van der Waals surface area contributed by atoms with Gasteiger partial charge in [-0.1, -0.05) is 48.5 Å². The Morgan fingerprint density at radius 2 is 1.96 bits per heavy atom. The molecule has 0 fully saturated rings. The van der Waals surface area contributed by atoms with Crippen molar-refractivity contribution >= 4 is 0 Å². The first-order valence-electron chi connectivity index (χ1n) is 8.08. The van der Waals surface area contributed by atoms with Gasteiger partial charge < -0.3 is 9.64 Å². The van der Waals surface area contributed by atoms with Gasteiger partial charge in [-0.25, -0.2) is 0 Å². The fourth-order valence-electron chi connectivity index (χ4n) is 2.41. The van der Waals surface area contributed by atoms with Crippen LogP contribution in [0.2, 0.25) is 0 Å². The third-order valence-corrected chi connectivity index (χ3v) is 3.74. The molecule has 0 atom stereocenters. The highest BCUT2D eigenvalue weighted by molar-refractivity contribution is 5.67. The van der Waals surface area contributed by atoms with Gasteiger partial charge in [0.2, 0.25) is 5.88 Å². The van der Waals surface area contributed by atoms with Crippen molar-refractivity contribution in [3.63, 3.8) is 0 Å². The summed E-state index contributed by atoms with van der Waals surface area (Å²) in [4.78, 5) is 2.14. The van der Waals surface area contributed by atoms with Crippen LogP contribution in [0.4, 0.5) is 0 Å². The Morgan fingerprint density at radius 3 is 2.67 bits per heavy atom. The molecular formula is C20H22N3O. The lowest BCUT2D eigenvalue weighted by Gasteiger charge is -2.08. The number of ether oxygens (including phenoxy) is 1. The summed E-state index contributed by atoms with van der Waals surface area (Å²) >= 11 is 0. The Balaban J connectivity index is 1.82. The first-order chi connectivity index (χ1) is 11.7. The van der Waals surface area contributed by atoms with Gasteiger partial charge in [-0.2, -0.15) is 0 Å². The standard InChI is InChI=1S/C20H22N3O/c1-22(2)13-14-23-15-19(18-11-7-4-8-12-18)20(21-23)24-16-17-9-5-3-6-10-17/h3-7,9-12,15H,13-14,16H2,1-2H3. The van der Waals surface area contributed by atoms with Gasteiger partial charge in [0.15, 0.2) is 0 Å². The zero-order chi connectivity index (χ0) is 16.8. The van der Waals surface area contributed by atoms with Gasteiger partial charge in [-0.05, 0) is 37.4 Å². The third-order valence-electron chi connectivity index (χ3n) is 3.74. The zero-order valence-corrected chi connectivity index (χ0v) is 14.1. The molecule has 0 spiro atoms. The average molecular weight is 320 g/mol. The molecule has 0 aliphatic heterocycles. The van der Waals surface area contributed by atoms with E-state index in [2.05, 4.69) is 48.4 Å². The lowest BCUT2D eigenvalue weighted by molar-refractivity contribution is 0.288. The third kappa shape index (κ3) is 4.24. The second-order valence-electron chi connectivity index (χ2n) is 5.98. The number of hydrogen-bond acceptors (Lipinski definition) is 3. The molecule has 0 saturated heterocycles. The van der Waals surface area contributed by atoms with Gasteiger partial charge >= 0.3 is 0 Å². The number of likely N-dealkylation sites (N-methyl/N-ethyl adjacent to an activating group) is 1. The molecule has 3 aromatic rings. The van der Waals surface area contributed by atoms with E-state index in [9.17, 15) is 0 Å². The summed E-state index contributed by atoms with van der Waals surface area (Å²) in [5.74, 6) is 0.664. The van der Waals surface area contributed by atoms with Gasteiger partial charge in [0, 0.05) is 12.7 Å². The minimum Gasteiger partial charge on any atom is -0.471 e. The van der Waals surface area contributed by atoms with Crippen LogP contribution in [-0.4, -0.2) is 35.3 Å². The van der Waals surface area contributed by atoms with Crippen LogP contribution in [0.5, 0.6) is 5.88 Å². The molecule has 1 radical (unpaired) electrons. The highest BCUT2D eigenvalue weighted by Gasteiger charge is 2.13. The molecule has 0 aliphatic rings. The molecule has 1 heterocycles. The van der Waals surface area contributed by atoms with Crippen LogP contribution in [0.1, 0.15) is 5.56 Å². The van der Waals surface area contributed by atoms with E-state index in [-0.39, 0.29) is 0 Å². The van der Waals surface area contributed by atoms with Gasteiger partial charge in [0.25, 0.3) is 0 Å². The molecule has 1 aromatic heterocycles. The van der Waals surface area contributed by atoms with Crippen LogP contribution in [0.3, 0.4) is 0 Å². The quantitative estimate of drug-likeness (QED) is 0.667. The maximum atomic E-state index is 6.01. The largest absolute Gasteiger partial charge is 0.471 e. The predicted molar refractivity (Wildman–Crippen MR) is 95.8 cm³/mol. The van der Waals surface area contributed by atoms with Crippen LogP contribution in [0.15, 0.2) is 60.8 Å². The average Bonchev–Trinajstić information content (AvgIpc) is 3.03. The van der Waals surface area contributed by atoms with E-state index in [0.717, 1.165) is 29.8 Å². The van der Waals surface area contributed by atoms with Crippen LogP contribution in [-0.2, 0) is 13.2 Å². The van der Waals surface area contributed by atoms with Gasteiger partial charge in [0.05, 0.1) is 12.1 Å². The number of nitrogens with zero attached hydrogens (tertiary/aromatic N) is 3. The van der Waals surface area contributed by atoms with Crippen molar-refractivity contribution in [1.82, 2.24) is 14.7 Å². The summed E-state index contributed by atoms with van der Waals surface area (Å²) < 4.78 is 7.95. The summed E-state index contributed by atoms with van der Waals surface area (Å²) in [5.41, 5.74) is 3.20. The Kier molecular flexibility index (Phi) is 5.29. The molecule has 2 aromatic carbocycles.